The lowest BCUT2D eigenvalue weighted by Gasteiger charge is -2.40. The number of carbonyl (C=O) groups is 1. The summed E-state index contributed by atoms with van der Waals surface area (Å²) in [5, 5.41) is 18.6. The Morgan fingerprint density at radius 2 is 1.93 bits per heavy atom. The molecule has 0 bridgehead atoms. The van der Waals surface area contributed by atoms with Crippen LogP contribution in [0.3, 0.4) is 0 Å². The summed E-state index contributed by atoms with van der Waals surface area (Å²) in [4.78, 5) is 15.5. The van der Waals surface area contributed by atoms with Crippen molar-refractivity contribution in [2.45, 2.75) is 32.2 Å². The van der Waals surface area contributed by atoms with Crippen LogP contribution < -0.4 is 9.80 Å². The highest BCUT2D eigenvalue weighted by Crippen LogP contribution is 2.46. The van der Waals surface area contributed by atoms with Gasteiger partial charge in [-0.05, 0) is 68.0 Å². The summed E-state index contributed by atoms with van der Waals surface area (Å²) < 4.78 is 14.1. The number of hydrogen-bond donors (Lipinski definition) is 1. The highest BCUT2D eigenvalue weighted by atomic mass is 35.5. The molecule has 0 saturated carbocycles. The molecule has 156 valence electrons. The van der Waals surface area contributed by atoms with Crippen molar-refractivity contribution in [1.82, 2.24) is 0 Å². The molecule has 1 N–H and O–H groups in total. The van der Waals surface area contributed by atoms with Crippen molar-refractivity contribution in [1.29, 1.82) is 5.26 Å². The molecular weight excluding hydrogens is 405 g/mol. The van der Waals surface area contributed by atoms with Gasteiger partial charge in [0.2, 0.25) is 0 Å². The van der Waals surface area contributed by atoms with Crippen LogP contribution in [0.1, 0.15) is 42.1 Å². The van der Waals surface area contributed by atoms with Gasteiger partial charge in [-0.15, -0.1) is 0 Å². The van der Waals surface area contributed by atoms with Crippen molar-refractivity contribution in [3.63, 3.8) is 0 Å². The highest BCUT2D eigenvalue weighted by Gasteiger charge is 2.44. The van der Waals surface area contributed by atoms with E-state index in [1.165, 1.54) is 12.1 Å². The second kappa shape index (κ2) is 7.81. The van der Waals surface area contributed by atoms with Crippen LogP contribution in [0.25, 0.3) is 0 Å². The van der Waals surface area contributed by atoms with E-state index >= 15 is 0 Å². The van der Waals surface area contributed by atoms with Gasteiger partial charge in [-0.1, -0.05) is 11.6 Å². The first-order valence-corrected chi connectivity index (χ1v) is 10.4. The zero-order valence-electron chi connectivity index (χ0n) is 16.7. The average Bonchev–Trinajstić information content (AvgIpc) is 3.03. The van der Waals surface area contributed by atoms with Crippen molar-refractivity contribution in [3.8, 4) is 6.07 Å². The van der Waals surface area contributed by atoms with Crippen molar-refractivity contribution in [2.75, 3.05) is 29.4 Å². The Morgan fingerprint density at radius 1 is 1.23 bits per heavy atom. The molecule has 2 heterocycles. The largest absolute Gasteiger partial charge is 0.478 e. The highest BCUT2D eigenvalue weighted by molar-refractivity contribution is 6.32. The minimum atomic E-state index is -1.25. The summed E-state index contributed by atoms with van der Waals surface area (Å²) in [6, 6.07) is 12.4. The van der Waals surface area contributed by atoms with E-state index in [0.29, 0.717) is 16.6 Å². The van der Waals surface area contributed by atoms with Gasteiger partial charge in [0, 0.05) is 37.1 Å². The number of rotatable bonds is 3. The number of aromatic carboxylic acids is 1. The predicted molar refractivity (Wildman–Crippen MR) is 115 cm³/mol. The number of benzene rings is 2. The average molecular weight is 428 g/mol. The second-order valence-electron chi connectivity index (χ2n) is 8.41. The van der Waals surface area contributed by atoms with Gasteiger partial charge in [-0.25, -0.2) is 9.18 Å². The smallest absolute Gasteiger partial charge is 0.338 e. The summed E-state index contributed by atoms with van der Waals surface area (Å²) in [6.07, 6.45) is 3.05. The van der Waals surface area contributed by atoms with E-state index in [4.69, 9.17) is 22.0 Å². The molecule has 2 aromatic carbocycles. The maximum absolute atomic E-state index is 14.1. The van der Waals surface area contributed by atoms with Gasteiger partial charge in [0.15, 0.2) is 0 Å². The van der Waals surface area contributed by atoms with Crippen molar-refractivity contribution >= 4 is 28.9 Å². The number of carboxylic acid groups (broad SMARTS) is 1. The van der Waals surface area contributed by atoms with Crippen LogP contribution in [0.5, 0.6) is 0 Å². The Labute approximate surface area is 180 Å². The van der Waals surface area contributed by atoms with E-state index < -0.39 is 11.8 Å². The number of carboxylic acids is 1. The van der Waals surface area contributed by atoms with Crippen LogP contribution in [0.2, 0.25) is 5.02 Å². The molecule has 30 heavy (non-hydrogen) atoms. The third-order valence-electron chi connectivity index (χ3n) is 6.54. The fourth-order valence-electron chi connectivity index (χ4n) is 4.91. The van der Waals surface area contributed by atoms with E-state index in [-0.39, 0.29) is 11.0 Å². The topological polar surface area (TPSA) is 67.6 Å². The summed E-state index contributed by atoms with van der Waals surface area (Å²) in [6.45, 7) is 4.75. The molecule has 2 aliphatic rings. The molecule has 0 amide bonds. The van der Waals surface area contributed by atoms with E-state index in [9.17, 15) is 9.18 Å². The maximum atomic E-state index is 14.1. The molecule has 0 aromatic heterocycles. The molecule has 7 heteroatoms. The first kappa shape index (κ1) is 20.5. The molecule has 5 nitrogen and oxygen atoms in total. The first-order chi connectivity index (χ1) is 14.3. The summed E-state index contributed by atoms with van der Waals surface area (Å²) >= 11 is 6.24. The zero-order valence-corrected chi connectivity index (χ0v) is 17.5. The monoisotopic (exact) mass is 427 g/mol. The van der Waals surface area contributed by atoms with Gasteiger partial charge < -0.3 is 14.9 Å². The molecule has 2 aromatic rings. The van der Waals surface area contributed by atoms with Gasteiger partial charge in [0.05, 0.1) is 16.1 Å². The number of nitrogens with zero attached hydrogens (tertiary/aromatic N) is 3. The van der Waals surface area contributed by atoms with Gasteiger partial charge >= 0.3 is 5.97 Å². The number of nitriles is 1. The van der Waals surface area contributed by atoms with Gasteiger partial charge in [-0.2, -0.15) is 5.26 Å². The third kappa shape index (κ3) is 3.70. The standard InChI is InChI=1S/C23H23ClFN3O2/c1-15-12-23(14-28(15)18-3-2-16(13-26)20(24)10-18)6-8-27(9-7-23)17-4-5-19(22(29)30)21(25)11-17/h2-5,10-11,15H,6-9,12,14H2,1H3,(H,29,30). The Balaban J connectivity index is 1.46. The lowest BCUT2D eigenvalue weighted by atomic mass is 9.76. The minimum Gasteiger partial charge on any atom is -0.478 e. The second-order valence-corrected chi connectivity index (χ2v) is 8.82. The lowest BCUT2D eigenvalue weighted by Crippen LogP contribution is -2.41. The number of halogens is 2. The molecule has 4 rings (SSSR count). The van der Waals surface area contributed by atoms with Gasteiger partial charge in [0.1, 0.15) is 11.9 Å². The quantitative estimate of drug-likeness (QED) is 0.751. The number of piperidine rings is 1. The van der Waals surface area contributed by atoms with Crippen LogP contribution in [0.15, 0.2) is 36.4 Å². The Kier molecular flexibility index (Phi) is 5.33. The molecule has 0 aliphatic carbocycles. The fraction of sp³-hybridized carbons (Fsp3) is 0.391. The lowest BCUT2D eigenvalue weighted by molar-refractivity contribution is 0.0692. The van der Waals surface area contributed by atoms with Crippen molar-refractivity contribution < 1.29 is 14.3 Å². The molecule has 2 fully saturated rings. The zero-order chi connectivity index (χ0) is 21.5. The van der Waals surface area contributed by atoms with E-state index in [2.05, 4.69) is 22.8 Å². The van der Waals surface area contributed by atoms with Crippen LogP contribution in [-0.4, -0.2) is 36.8 Å². The fourth-order valence-corrected chi connectivity index (χ4v) is 5.13. The SMILES string of the molecule is CC1CC2(CCN(c3ccc(C(=O)O)c(F)c3)CC2)CN1c1ccc(C#N)c(Cl)c1. The van der Waals surface area contributed by atoms with Gasteiger partial charge in [-0.3, -0.25) is 0 Å². The molecule has 2 aliphatic heterocycles. The third-order valence-corrected chi connectivity index (χ3v) is 6.86. The van der Waals surface area contributed by atoms with E-state index in [0.717, 1.165) is 50.3 Å². The van der Waals surface area contributed by atoms with Crippen LogP contribution in [0, 0.1) is 22.6 Å². The normalized spacial score (nSPS) is 20.4. The number of anilines is 2. The van der Waals surface area contributed by atoms with Crippen LogP contribution in [0.4, 0.5) is 15.8 Å². The Hall–Kier alpha value is -2.78. The van der Waals surface area contributed by atoms with Crippen molar-refractivity contribution in [2.24, 2.45) is 5.41 Å². The first-order valence-electron chi connectivity index (χ1n) is 10.1. The maximum Gasteiger partial charge on any atom is 0.338 e. The summed E-state index contributed by atoms with van der Waals surface area (Å²) in [5.41, 5.74) is 2.15. The van der Waals surface area contributed by atoms with Crippen LogP contribution in [-0.2, 0) is 0 Å². The number of hydrogen-bond acceptors (Lipinski definition) is 4. The van der Waals surface area contributed by atoms with Crippen LogP contribution >= 0.6 is 11.6 Å². The Morgan fingerprint density at radius 3 is 2.53 bits per heavy atom. The van der Waals surface area contributed by atoms with Gasteiger partial charge in [0.25, 0.3) is 0 Å². The minimum absolute atomic E-state index is 0.190. The molecule has 1 unspecified atom stereocenters. The summed E-state index contributed by atoms with van der Waals surface area (Å²) in [5.74, 6) is -1.95. The molecule has 1 spiro atoms. The van der Waals surface area contributed by atoms with Crippen molar-refractivity contribution in [3.05, 3.63) is 58.4 Å². The molecule has 0 radical (unpaired) electrons. The molecule has 2 saturated heterocycles. The molecular formula is C23H23ClFN3O2. The van der Waals surface area contributed by atoms with E-state index in [1.54, 1.807) is 12.1 Å². The molecule has 1 atom stereocenters. The van der Waals surface area contributed by atoms with E-state index in [1.807, 2.05) is 12.1 Å². The predicted octanol–water partition coefficient (Wildman–Crippen LogP) is 4.93. The summed E-state index contributed by atoms with van der Waals surface area (Å²) in [7, 11) is 0. The Bertz CT molecular complexity index is 1030.